The van der Waals surface area contributed by atoms with E-state index >= 15 is 0 Å². The number of carbonyl (C=O) groups is 2. The Labute approximate surface area is 179 Å². The smallest absolute Gasteiger partial charge is 0.243 e. The van der Waals surface area contributed by atoms with E-state index in [0.29, 0.717) is 11.3 Å². The molecule has 2 aromatic rings. The average Bonchev–Trinajstić information content (AvgIpc) is 2.75. The Morgan fingerprint density at radius 1 is 1.10 bits per heavy atom. The molecule has 0 spiro atoms. The molecule has 8 nitrogen and oxygen atoms in total. The zero-order chi connectivity index (χ0) is 22.6. The van der Waals surface area contributed by atoms with E-state index in [4.69, 9.17) is 5.26 Å². The highest BCUT2D eigenvalue weighted by molar-refractivity contribution is 7.89. The summed E-state index contributed by atoms with van der Waals surface area (Å²) in [6.07, 6.45) is 0.572. The van der Waals surface area contributed by atoms with Gasteiger partial charge in [-0.15, -0.1) is 0 Å². The molecule has 0 radical (unpaired) electrons. The minimum Gasteiger partial charge on any atom is -0.326 e. The lowest BCUT2D eigenvalue weighted by Gasteiger charge is -2.30. The Morgan fingerprint density at radius 2 is 1.74 bits per heavy atom. The fourth-order valence-electron chi connectivity index (χ4n) is 3.35. The number of carbonyl (C=O) groups excluding carboxylic acids is 2. The lowest BCUT2D eigenvalue weighted by Crippen LogP contribution is -2.41. The summed E-state index contributed by atoms with van der Waals surface area (Å²) in [6.45, 7) is 1.62. The van der Waals surface area contributed by atoms with E-state index in [1.165, 1.54) is 47.6 Å². The number of sulfonamides is 1. The second-order valence-electron chi connectivity index (χ2n) is 7.18. The first-order valence-electron chi connectivity index (χ1n) is 9.59. The maximum absolute atomic E-state index is 14.1. The van der Waals surface area contributed by atoms with E-state index in [1.807, 2.05) is 6.07 Å². The Morgan fingerprint density at radius 3 is 2.32 bits per heavy atom. The van der Waals surface area contributed by atoms with E-state index < -0.39 is 27.7 Å². The van der Waals surface area contributed by atoms with Gasteiger partial charge in [0.25, 0.3) is 0 Å². The number of benzene rings is 2. The molecule has 1 aliphatic rings. The average molecular weight is 444 g/mol. The molecule has 1 saturated heterocycles. The monoisotopic (exact) mass is 444 g/mol. The molecule has 0 unspecified atom stereocenters. The minimum absolute atomic E-state index is 0.0520. The van der Waals surface area contributed by atoms with Crippen LogP contribution in [0.25, 0.3) is 0 Å². The molecule has 1 aliphatic heterocycles. The molecular formula is C21H21FN4O4S. The SMILES string of the molecule is CC(=O)Nc1ccc(F)c(NC(=O)C2CCN(S(=O)(=O)c3ccc(C#N)cc3)CC2)c1. The van der Waals surface area contributed by atoms with Crippen molar-refractivity contribution in [3.63, 3.8) is 0 Å². The predicted octanol–water partition coefficient (Wildman–Crippen LogP) is 2.70. The highest BCUT2D eigenvalue weighted by Crippen LogP contribution is 2.26. The summed E-state index contributed by atoms with van der Waals surface area (Å²) in [6, 6.07) is 11.5. The molecule has 31 heavy (non-hydrogen) atoms. The molecular weight excluding hydrogens is 423 g/mol. The second kappa shape index (κ2) is 9.24. The molecule has 0 bridgehead atoms. The van der Waals surface area contributed by atoms with E-state index in [-0.39, 0.29) is 42.4 Å². The van der Waals surface area contributed by atoms with Crippen LogP contribution in [-0.4, -0.2) is 37.6 Å². The van der Waals surface area contributed by atoms with Gasteiger partial charge in [0.1, 0.15) is 5.82 Å². The highest BCUT2D eigenvalue weighted by Gasteiger charge is 2.32. The molecule has 162 valence electrons. The largest absolute Gasteiger partial charge is 0.326 e. The van der Waals surface area contributed by atoms with Crippen LogP contribution in [-0.2, 0) is 19.6 Å². The third kappa shape index (κ3) is 5.25. The molecule has 1 fully saturated rings. The van der Waals surface area contributed by atoms with Crippen molar-refractivity contribution in [3.05, 3.63) is 53.8 Å². The first-order valence-corrected chi connectivity index (χ1v) is 11.0. The van der Waals surface area contributed by atoms with Crippen LogP contribution in [0.2, 0.25) is 0 Å². The molecule has 2 amide bonds. The van der Waals surface area contributed by atoms with Crippen LogP contribution in [0.4, 0.5) is 15.8 Å². The van der Waals surface area contributed by atoms with Crippen LogP contribution in [0.1, 0.15) is 25.3 Å². The molecule has 0 atom stereocenters. The van der Waals surface area contributed by atoms with E-state index in [1.54, 1.807) is 0 Å². The third-order valence-corrected chi connectivity index (χ3v) is 6.90. The lowest BCUT2D eigenvalue weighted by molar-refractivity contribution is -0.121. The number of hydrogen-bond acceptors (Lipinski definition) is 5. The maximum Gasteiger partial charge on any atom is 0.243 e. The van der Waals surface area contributed by atoms with Gasteiger partial charge in [-0.05, 0) is 55.3 Å². The minimum atomic E-state index is -3.73. The van der Waals surface area contributed by atoms with Gasteiger partial charge < -0.3 is 10.6 Å². The van der Waals surface area contributed by atoms with Crippen molar-refractivity contribution in [2.45, 2.75) is 24.7 Å². The van der Waals surface area contributed by atoms with Gasteiger partial charge in [-0.25, -0.2) is 12.8 Å². The number of piperidine rings is 1. The van der Waals surface area contributed by atoms with E-state index in [0.717, 1.165) is 6.07 Å². The number of nitrogens with zero attached hydrogens (tertiary/aromatic N) is 2. The fraction of sp³-hybridized carbons (Fsp3) is 0.286. The summed E-state index contributed by atoms with van der Waals surface area (Å²) in [5.74, 6) is -1.84. The Balaban J connectivity index is 1.63. The summed E-state index contributed by atoms with van der Waals surface area (Å²) >= 11 is 0. The highest BCUT2D eigenvalue weighted by atomic mass is 32.2. The molecule has 3 rings (SSSR count). The van der Waals surface area contributed by atoms with Gasteiger partial charge in [-0.3, -0.25) is 9.59 Å². The second-order valence-corrected chi connectivity index (χ2v) is 9.12. The number of anilines is 2. The van der Waals surface area contributed by atoms with Crippen molar-refractivity contribution in [1.82, 2.24) is 4.31 Å². The number of amides is 2. The van der Waals surface area contributed by atoms with Crippen molar-refractivity contribution in [3.8, 4) is 6.07 Å². The molecule has 10 heteroatoms. The molecule has 1 heterocycles. The van der Waals surface area contributed by atoms with Gasteiger partial charge in [-0.2, -0.15) is 9.57 Å². The zero-order valence-electron chi connectivity index (χ0n) is 16.8. The van der Waals surface area contributed by atoms with E-state index in [2.05, 4.69) is 10.6 Å². The van der Waals surface area contributed by atoms with Crippen molar-refractivity contribution in [2.24, 2.45) is 5.92 Å². The maximum atomic E-state index is 14.1. The number of rotatable bonds is 5. The summed E-state index contributed by atoms with van der Waals surface area (Å²) in [5.41, 5.74) is 0.667. The van der Waals surface area contributed by atoms with Crippen LogP contribution in [0.5, 0.6) is 0 Å². The van der Waals surface area contributed by atoms with Gasteiger partial charge in [-0.1, -0.05) is 0 Å². The number of halogens is 1. The molecule has 0 saturated carbocycles. The number of nitrogens with one attached hydrogen (secondary N) is 2. The zero-order valence-corrected chi connectivity index (χ0v) is 17.6. The summed E-state index contributed by atoms with van der Waals surface area (Å²) in [4.78, 5) is 23.8. The van der Waals surface area contributed by atoms with E-state index in [9.17, 15) is 22.4 Å². The van der Waals surface area contributed by atoms with Gasteiger partial charge in [0.2, 0.25) is 21.8 Å². The Hall–Kier alpha value is -3.29. The summed E-state index contributed by atoms with van der Waals surface area (Å²) in [7, 11) is -3.73. The molecule has 2 N–H and O–H groups in total. The molecule has 0 aromatic heterocycles. The topological polar surface area (TPSA) is 119 Å². The van der Waals surface area contributed by atoms with Crippen molar-refractivity contribution < 1.29 is 22.4 Å². The number of hydrogen-bond donors (Lipinski definition) is 2. The fourth-order valence-corrected chi connectivity index (χ4v) is 4.82. The van der Waals surface area contributed by atoms with Gasteiger partial charge in [0.15, 0.2) is 0 Å². The first kappa shape index (κ1) is 22.4. The molecule has 0 aliphatic carbocycles. The van der Waals surface area contributed by atoms with Crippen molar-refractivity contribution >= 4 is 33.2 Å². The van der Waals surface area contributed by atoms with Gasteiger partial charge >= 0.3 is 0 Å². The van der Waals surface area contributed by atoms with Crippen LogP contribution >= 0.6 is 0 Å². The lowest BCUT2D eigenvalue weighted by atomic mass is 9.97. The van der Waals surface area contributed by atoms with Crippen molar-refractivity contribution in [2.75, 3.05) is 23.7 Å². The summed E-state index contributed by atoms with van der Waals surface area (Å²) < 4.78 is 40.9. The standard InChI is InChI=1S/C21H21FN4O4S/c1-14(27)24-17-4-7-19(22)20(12-17)25-21(28)16-8-10-26(11-9-16)31(29,30)18-5-2-15(13-23)3-6-18/h2-7,12,16H,8-11H2,1H3,(H,24,27)(H,25,28). The normalized spacial score (nSPS) is 15.1. The Kier molecular flexibility index (Phi) is 6.68. The van der Waals surface area contributed by atoms with Crippen LogP contribution in [0, 0.1) is 23.1 Å². The van der Waals surface area contributed by atoms with Gasteiger partial charge in [0.05, 0.1) is 22.2 Å². The van der Waals surface area contributed by atoms with Crippen LogP contribution < -0.4 is 10.6 Å². The number of nitriles is 1. The van der Waals surface area contributed by atoms with Gasteiger partial charge in [0, 0.05) is 31.6 Å². The molecule has 2 aromatic carbocycles. The third-order valence-electron chi connectivity index (χ3n) is 4.99. The predicted molar refractivity (Wildman–Crippen MR) is 112 cm³/mol. The summed E-state index contributed by atoms with van der Waals surface area (Å²) in [5, 5.41) is 13.9. The quantitative estimate of drug-likeness (QED) is 0.735. The first-order chi connectivity index (χ1) is 14.7. The van der Waals surface area contributed by atoms with Crippen LogP contribution in [0.3, 0.4) is 0 Å². The Bertz CT molecular complexity index is 1130. The van der Waals surface area contributed by atoms with Crippen LogP contribution in [0.15, 0.2) is 47.4 Å². The van der Waals surface area contributed by atoms with Crippen molar-refractivity contribution in [1.29, 1.82) is 5.26 Å².